The molecule has 0 aliphatic carbocycles. The summed E-state index contributed by atoms with van der Waals surface area (Å²) >= 11 is 0. The van der Waals surface area contributed by atoms with Crippen LogP contribution in [0.2, 0.25) is 0 Å². The second-order valence-corrected chi connectivity index (χ2v) is 4.30. The number of anilines is 1. The van der Waals surface area contributed by atoms with Crippen LogP contribution < -0.4 is 10.1 Å². The van der Waals surface area contributed by atoms with Gasteiger partial charge >= 0.3 is 0 Å². The van der Waals surface area contributed by atoms with E-state index in [4.69, 9.17) is 4.74 Å². The molecule has 2 N–H and O–H groups in total. The number of pyridine rings is 1. The Hall–Kier alpha value is -2.49. The van der Waals surface area contributed by atoms with Gasteiger partial charge in [-0.2, -0.15) is 0 Å². The Morgan fingerprint density at radius 3 is 3.11 bits per heavy atom. The largest absolute Gasteiger partial charge is 0.497 e. The monoisotopic (exact) mass is 253 g/mol. The first-order chi connectivity index (χ1) is 9.36. The lowest BCUT2D eigenvalue weighted by Gasteiger charge is -2.07. The fourth-order valence-corrected chi connectivity index (χ4v) is 2.09. The number of aromatic amines is 1. The highest BCUT2D eigenvalue weighted by atomic mass is 16.5. The van der Waals surface area contributed by atoms with E-state index < -0.39 is 0 Å². The maximum Gasteiger partial charge on any atom is 0.137 e. The zero-order valence-electron chi connectivity index (χ0n) is 10.7. The highest BCUT2D eigenvalue weighted by Crippen LogP contribution is 2.20. The molecule has 0 atom stereocenters. The van der Waals surface area contributed by atoms with Crippen molar-refractivity contribution in [3.63, 3.8) is 0 Å². The molecule has 0 spiro atoms. The van der Waals surface area contributed by atoms with Gasteiger partial charge in [-0.3, -0.25) is 0 Å². The third kappa shape index (κ3) is 2.38. The number of fused-ring (bicyclic) bond motifs is 1. The summed E-state index contributed by atoms with van der Waals surface area (Å²) < 4.78 is 5.21. The highest BCUT2D eigenvalue weighted by molar-refractivity contribution is 5.79. The Bertz CT molecular complexity index is 690. The molecule has 1 aromatic carbocycles. The predicted octanol–water partition coefficient (Wildman–Crippen LogP) is 3.18. The fourth-order valence-electron chi connectivity index (χ4n) is 2.09. The molecule has 3 rings (SSSR count). The van der Waals surface area contributed by atoms with Crippen LogP contribution in [-0.4, -0.2) is 17.1 Å². The van der Waals surface area contributed by atoms with Crippen molar-refractivity contribution in [1.29, 1.82) is 0 Å². The summed E-state index contributed by atoms with van der Waals surface area (Å²) in [7, 11) is 1.67. The van der Waals surface area contributed by atoms with Gasteiger partial charge in [0, 0.05) is 36.1 Å². The molecule has 0 unspecified atom stereocenters. The summed E-state index contributed by atoms with van der Waals surface area (Å²) in [6, 6.07) is 11.9. The van der Waals surface area contributed by atoms with Crippen LogP contribution in [-0.2, 0) is 6.54 Å². The number of aromatic nitrogens is 2. The molecule has 0 amide bonds. The molecule has 4 nitrogen and oxygen atoms in total. The summed E-state index contributed by atoms with van der Waals surface area (Å²) in [5.74, 6) is 0.852. The second-order valence-electron chi connectivity index (χ2n) is 4.30. The van der Waals surface area contributed by atoms with Crippen molar-refractivity contribution in [2.24, 2.45) is 0 Å². The van der Waals surface area contributed by atoms with E-state index in [0.29, 0.717) is 0 Å². The molecule has 0 aliphatic rings. The van der Waals surface area contributed by atoms with Gasteiger partial charge in [0.05, 0.1) is 7.11 Å². The van der Waals surface area contributed by atoms with Crippen molar-refractivity contribution < 1.29 is 4.74 Å². The quantitative estimate of drug-likeness (QED) is 0.750. The molecule has 0 radical (unpaired) electrons. The fraction of sp³-hybridized carbons (Fsp3) is 0.133. The number of benzene rings is 1. The molecule has 4 heteroatoms. The van der Waals surface area contributed by atoms with Crippen LogP contribution in [0.5, 0.6) is 5.75 Å². The average molecular weight is 253 g/mol. The zero-order chi connectivity index (χ0) is 13.1. The Kier molecular flexibility index (Phi) is 3.06. The Morgan fingerprint density at radius 2 is 2.21 bits per heavy atom. The first-order valence-electron chi connectivity index (χ1n) is 6.16. The van der Waals surface area contributed by atoms with Gasteiger partial charge in [-0.05, 0) is 29.8 Å². The van der Waals surface area contributed by atoms with Crippen molar-refractivity contribution in [3.05, 3.63) is 54.4 Å². The molecule has 3 aromatic rings. The molecule has 96 valence electrons. The molecule has 0 saturated carbocycles. The van der Waals surface area contributed by atoms with Crippen molar-refractivity contribution >= 4 is 16.7 Å². The number of methoxy groups -OCH3 is 1. The SMILES string of the molecule is COc1cccc(NCc2c[nH]c3ncccc23)c1. The summed E-state index contributed by atoms with van der Waals surface area (Å²) in [5, 5.41) is 4.54. The minimum absolute atomic E-state index is 0.749. The van der Waals surface area contributed by atoms with E-state index in [1.165, 1.54) is 5.56 Å². The van der Waals surface area contributed by atoms with E-state index in [1.54, 1.807) is 13.3 Å². The van der Waals surface area contributed by atoms with Gasteiger partial charge in [0.25, 0.3) is 0 Å². The molecule has 2 heterocycles. The number of H-pyrrole nitrogens is 1. The summed E-state index contributed by atoms with van der Waals surface area (Å²) in [4.78, 5) is 7.45. The topological polar surface area (TPSA) is 49.9 Å². The van der Waals surface area contributed by atoms with Gasteiger partial charge in [-0.25, -0.2) is 4.98 Å². The first kappa shape index (κ1) is 11.6. The Labute approximate surface area is 111 Å². The number of rotatable bonds is 4. The van der Waals surface area contributed by atoms with Crippen molar-refractivity contribution in [2.45, 2.75) is 6.54 Å². The van der Waals surface area contributed by atoms with E-state index in [2.05, 4.69) is 21.4 Å². The van der Waals surface area contributed by atoms with Gasteiger partial charge in [0.15, 0.2) is 0 Å². The first-order valence-corrected chi connectivity index (χ1v) is 6.16. The number of hydrogen-bond donors (Lipinski definition) is 2. The van der Waals surface area contributed by atoms with Crippen molar-refractivity contribution in [3.8, 4) is 5.75 Å². The van der Waals surface area contributed by atoms with Crippen LogP contribution in [0.15, 0.2) is 48.8 Å². The van der Waals surface area contributed by atoms with Crippen LogP contribution in [0.4, 0.5) is 5.69 Å². The van der Waals surface area contributed by atoms with Gasteiger partial charge < -0.3 is 15.0 Å². The van der Waals surface area contributed by atoms with Gasteiger partial charge in [0.2, 0.25) is 0 Å². The average Bonchev–Trinajstić information content (AvgIpc) is 2.89. The number of ether oxygens (including phenoxy) is 1. The van der Waals surface area contributed by atoms with E-state index in [0.717, 1.165) is 29.0 Å². The maximum absolute atomic E-state index is 5.21. The van der Waals surface area contributed by atoms with Crippen molar-refractivity contribution in [1.82, 2.24) is 9.97 Å². The van der Waals surface area contributed by atoms with Gasteiger partial charge in [-0.1, -0.05) is 6.07 Å². The summed E-state index contributed by atoms with van der Waals surface area (Å²) in [6.07, 6.45) is 3.78. The summed E-state index contributed by atoms with van der Waals surface area (Å²) in [5.41, 5.74) is 3.16. The maximum atomic E-state index is 5.21. The van der Waals surface area contributed by atoms with Gasteiger partial charge in [0.1, 0.15) is 11.4 Å². The predicted molar refractivity (Wildman–Crippen MR) is 76.4 cm³/mol. The lowest BCUT2D eigenvalue weighted by molar-refractivity contribution is 0.415. The second kappa shape index (κ2) is 5.02. The minimum Gasteiger partial charge on any atom is -0.497 e. The lowest BCUT2D eigenvalue weighted by Crippen LogP contribution is -1.98. The molecule has 0 aliphatic heterocycles. The molecule has 19 heavy (non-hydrogen) atoms. The smallest absolute Gasteiger partial charge is 0.137 e. The molecule has 0 bridgehead atoms. The lowest BCUT2D eigenvalue weighted by atomic mass is 10.2. The zero-order valence-corrected chi connectivity index (χ0v) is 10.7. The van der Waals surface area contributed by atoms with Crippen molar-refractivity contribution in [2.75, 3.05) is 12.4 Å². The van der Waals surface area contributed by atoms with Gasteiger partial charge in [-0.15, -0.1) is 0 Å². The molecule has 0 saturated heterocycles. The van der Waals surface area contributed by atoms with E-state index in [-0.39, 0.29) is 0 Å². The third-order valence-electron chi connectivity index (χ3n) is 3.09. The summed E-state index contributed by atoms with van der Waals surface area (Å²) in [6.45, 7) is 0.749. The molecular weight excluding hydrogens is 238 g/mol. The number of nitrogens with zero attached hydrogens (tertiary/aromatic N) is 1. The molecular formula is C15H15N3O. The van der Waals surface area contributed by atoms with Crippen LogP contribution in [0, 0.1) is 0 Å². The minimum atomic E-state index is 0.749. The number of nitrogens with one attached hydrogen (secondary N) is 2. The Morgan fingerprint density at radius 1 is 1.26 bits per heavy atom. The normalized spacial score (nSPS) is 10.6. The van der Waals surface area contributed by atoms with Crippen LogP contribution in [0.25, 0.3) is 11.0 Å². The van der Waals surface area contributed by atoms with E-state index >= 15 is 0 Å². The van der Waals surface area contributed by atoms with E-state index in [1.807, 2.05) is 36.5 Å². The number of hydrogen-bond acceptors (Lipinski definition) is 3. The molecule has 2 aromatic heterocycles. The van der Waals surface area contributed by atoms with Crippen LogP contribution in [0.3, 0.4) is 0 Å². The van der Waals surface area contributed by atoms with Crippen LogP contribution >= 0.6 is 0 Å². The highest BCUT2D eigenvalue weighted by Gasteiger charge is 2.03. The third-order valence-corrected chi connectivity index (χ3v) is 3.09. The Balaban J connectivity index is 1.78. The standard InChI is InChI=1S/C15H15N3O/c1-19-13-5-2-4-12(8-13)17-9-11-10-18-15-14(11)6-3-7-16-15/h2-8,10,17H,9H2,1H3,(H,16,18). The van der Waals surface area contributed by atoms with E-state index in [9.17, 15) is 0 Å². The van der Waals surface area contributed by atoms with Crippen LogP contribution in [0.1, 0.15) is 5.56 Å². The molecule has 0 fully saturated rings.